The summed E-state index contributed by atoms with van der Waals surface area (Å²) in [5, 5.41) is 12.9. The van der Waals surface area contributed by atoms with E-state index in [-0.39, 0.29) is 25.7 Å². The van der Waals surface area contributed by atoms with E-state index in [9.17, 15) is 14.3 Å². The molecule has 0 bridgehead atoms. The zero-order chi connectivity index (χ0) is 21.8. The second-order valence-corrected chi connectivity index (χ2v) is 7.60. The van der Waals surface area contributed by atoms with Crippen molar-refractivity contribution in [3.05, 3.63) is 47.8 Å². The molecule has 4 rings (SSSR count). The van der Waals surface area contributed by atoms with Crippen LogP contribution in [0, 0.1) is 18.3 Å². The zero-order valence-electron chi connectivity index (χ0n) is 16.8. The molecule has 164 valence electrons. The van der Waals surface area contributed by atoms with Crippen molar-refractivity contribution in [1.82, 2.24) is 5.16 Å². The Balaban J connectivity index is 1.36. The smallest absolute Gasteiger partial charge is 0.414 e. The van der Waals surface area contributed by atoms with E-state index >= 15 is 0 Å². The molecule has 10 heteroatoms. The molecule has 3 heterocycles. The van der Waals surface area contributed by atoms with Gasteiger partial charge in [0.25, 0.3) is 5.88 Å². The fourth-order valence-electron chi connectivity index (χ4n) is 4.01. The highest BCUT2D eigenvalue weighted by atomic mass is 19.1. The summed E-state index contributed by atoms with van der Waals surface area (Å²) in [6.45, 7) is 8.61. The Morgan fingerprint density at radius 2 is 2.16 bits per heavy atom. The molecule has 0 radical (unpaired) electrons. The van der Waals surface area contributed by atoms with Crippen molar-refractivity contribution in [1.29, 1.82) is 0 Å². The van der Waals surface area contributed by atoms with E-state index in [2.05, 4.69) is 14.5 Å². The van der Waals surface area contributed by atoms with Crippen molar-refractivity contribution in [2.45, 2.75) is 25.0 Å². The Hall–Kier alpha value is -3.32. The lowest BCUT2D eigenvalue weighted by molar-refractivity contribution is 0.102. The molecule has 31 heavy (non-hydrogen) atoms. The van der Waals surface area contributed by atoms with Crippen LogP contribution in [0.3, 0.4) is 0 Å². The minimum Gasteiger partial charge on any atom is -0.471 e. The van der Waals surface area contributed by atoms with Crippen LogP contribution in [0.5, 0.6) is 5.88 Å². The molecule has 9 nitrogen and oxygen atoms in total. The number of ether oxygens (including phenoxy) is 2. The number of carbonyl (C=O) groups excluding carboxylic acids is 1. The normalized spacial score (nSPS) is 20.4. The maximum Gasteiger partial charge on any atom is 0.414 e. The van der Waals surface area contributed by atoms with Crippen LogP contribution in [0.25, 0.3) is 4.85 Å². The van der Waals surface area contributed by atoms with E-state index in [0.29, 0.717) is 30.3 Å². The number of nitrogens with zero attached hydrogens (tertiary/aromatic N) is 4. The number of amides is 1. The number of halogens is 1. The van der Waals surface area contributed by atoms with Gasteiger partial charge in [0.15, 0.2) is 6.10 Å². The molecule has 1 unspecified atom stereocenters. The van der Waals surface area contributed by atoms with Gasteiger partial charge in [-0.1, -0.05) is 0 Å². The van der Waals surface area contributed by atoms with Gasteiger partial charge in [0.2, 0.25) is 6.04 Å². The summed E-state index contributed by atoms with van der Waals surface area (Å²) < 4.78 is 30.3. The number of rotatable bonds is 7. The van der Waals surface area contributed by atoms with Crippen molar-refractivity contribution in [2.75, 3.05) is 42.6 Å². The molecule has 2 aliphatic heterocycles. The van der Waals surface area contributed by atoms with Gasteiger partial charge in [-0.2, -0.15) is 0 Å². The van der Waals surface area contributed by atoms with Gasteiger partial charge in [-0.15, -0.1) is 0 Å². The van der Waals surface area contributed by atoms with Gasteiger partial charge < -0.3 is 28.8 Å². The number of hydrogen-bond donors (Lipinski definition) is 1. The fourth-order valence-corrected chi connectivity index (χ4v) is 4.01. The summed E-state index contributed by atoms with van der Waals surface area (Å²) in [4.78, 5) is 19.0. The number of anilines is 2. The van der Waals surface area contributed by atoms with Gasteiger partial charge in [0.05, 0.1) is 17.9 Å². The Labute approximate surface area is 178 Å². The maximum atomic E-state index is 14.9. The number of carbonyl (C=O) groups is 1. The van der Waals surface area contributed by atoms with Gasteiger partial charge in [-0.3, -0.25) is 4.90 Å². The monoisotopic (exact) mass is 430 g/mol. The number of aliphatic hydroxyl groups is 1. The van der Waals surface area contributed by atoms with Crippen LogP contribution in [0.1, 0.15) is 12.8 Å². The van der Waals surface area contributed by atoms with E-state index in [1.165, 1.54) is 17.2 Å². The van der Waals surface area contributed by atoms with Crippen LogP contribution >= 0.6 is 0 Å². The van der Waals surface area contributed by atoms with Crippen molar-refractivity contribution < 1.29 is 28.3 Å². The van der Waals surface area contributed by atoms with Crippen molar-refractivity contribution in [3.63, 3.8) is 0 Å². The van der Waals surface area contributed by atoms with Crippen LogP contribution in [-0.2, 0) is 4.74 Å². The summed E-state index contributed by atoms with van der Waals surface area (Å²) in [7, 11) is 0. The highest BCUT2D eigenvalue weighted by Crippen LogP contribution is 2.31. The van der Waals surface area contributed by atoms with Crippen LogP contribution in [0.2, 0.25) is 0 Å². The molecule has 0 spiro atoms. The Kier molecular flexibility index (Phi) is 6.23. The quantitative estimate of drug-likeness (QED) is 0.675. The van der Waals surface area contributed by atoms with Crippen molar-refractivity contribution >= 4 is 17.5 Å². The van der Waals surface area contributed by atoms with E-state index < -0.39 is 24.1 Å². The average Bonchev–Trinajstić information content (AvgIpc) is 3.43. The molecule has 2 aromatic rings. The second-order valence-electron chi connectivity index (χ2n) is 7.60. The Morgan fingerprint density at radius 1 is 1.35 bits per heavy atom. The maximum absolute atomic E-state index is 14.9. The second kappa shape index (κ2) is 9.22. The number of cyclic esters (lactones) is 1. The molecular formula is C21H23FN4O5. The van der Waals surface area contributed by atoms with E-state index in [1.54, 1.807) is 18.2 Å². The first kappa shape index (κ1) is 20.9. The van der Waals surface area contributed by atoms with Gasteiger partial charge in [-0.25, -0.2) is 15.8 Å². The first-order valence-electron chi connectivity index (χ1n) is 10.1. The topological polar surface area (TPSA) is 92.6 Å². The lowest BCUT2D eigenvalue weighted by Crippen LogP contribution is -2.38. The number of hydrogen-bond acceptors (Lipinski definition) is 7. The van der Waals surface area contributed by atoms with E-state index in [4.69, 9.17) is 16.0 Å². The van der Waals surface area contributed by atoms with Gasteiger partial charge in [0, 0.05) is 25.1 Å². The molecule has 1 aromatic heterocycles. The summed E-state index contributed by atoms with van der Waals surface area (Å²) >= 11 is 0. The number of piperidine rings is 1. The highest BCUT2D eigenvalue weighted by Gasteiger charge is 2.34. The minimum absolute atomic E-state index is 0.115. The molecule has 2 aliphatic rings. The summed E-state index contributed by atoms with van der Waals surface area (Å²) in [6.07, 6.45) is 1.76. The van der Waals surface area contributed by atoms with Gasteiger partial charge >= 0.3 is 6.09 Å². The Morgan fingerprint density at radius 3 is 2.81 bits per heavy atom. The molecule has 1 aromatic carbocycles. The van der Waals surface area contributed by atoms with Crippen molar-refractivity contribution in [2.24, 2.45) is 5.92 Å². The summed E-state index contributed by atoms with van der Waals surface area (Å²) in [5.41, 5.74) is 0.877. The first-order valence-corrected chi connectivity index (χ1v) is 10.1. The van der Waals surface area contributed by atoms with Crippen LogP contribution in [-0.4, -0.2) is 61.4 Å². The van der Waals surface area contributed by atoms with Crippen LogP contribution in [0.4, 0.5) is 20.6 Å². The van der Waals surface area contributed by atoms with Gasteiger partial charge in [0.1, 0.15) is 25.3 Å². The minimum atomic E-state index is -0.559. The average molecular weight is 430 g/mol. The Bertz CT molecular complexity index is 940. The zero-order valence-corrected chi connectivity index (χ0v) is 16.8. The SMILES string of the molecule is [C-]#[N+]C(CO)C1CCN(c2ccc(N3C[C@H](COc4ccon4)OC3=O)cc2F)CC1. The predicted molar refractivity (Wildman–Crippen MR) is 108 cm³/mol. The first-order chi connectivity index (χ1) is 15.1. The summed E-state index contributed by atoms with van der Waals surface area (Å²) in [6, 6.07) is 5.85. The molecule has 0 aliphatic carbocycles. The van der Waals surface area contributed by atoms with Gasteiger partial charge in [-0.05, 0) is 36.2 Å². The van der Waals surface area contributed by atoms with E-state index in [1.807, 2.05) is 4.90 Å². The summed E-state index contributed by atoms with van der Waals surface area (Å²) in [5.74, 6) is 0.00200. The molecule has 1 amide bonds. The fraction of sp³-hybridized carbons (Fsp3) is 0.476. The number of aromatic nitrogens is 1. The lowest BCUT2D eigenvalue weighted by Gasteiger charge is -2.33. The van der Waals surface area contributed by atoms with Crippen LogP contribution in [0.15, 0.2) is 35.1 Å². The third-order valence-electron chi connectivity index (χ3n) is 5.73. The third-order valence-corrected chi connectivity index (χ3v) is 5.73. The molecule has 2 atom stereocenters. The standard InChI is InChI=1S/C21H23FN4O5/c1-23-18(12-27)14-4-7-25(8-5-14)19-3-2-15(10-17(19)22)26-11-16(31-21(26)28)13-29-20-6-9-30-24-20/h2-3,6,9-10,14,16,18,27H,4-5,7-8,11-13H2/t16-,18?/m1/s1. The largest absolute Gasteiger partial charge is 0.471 e. The molecule has 2 saturated heterocycles. The highest BCUT2D eigenvalue weighted by molar-refractivity contribution is 5.90. The lowest BCUT2D eigenvalue weighted by atomic mass is 9.90. The van der Waals surface area contributed by atoms with Crippen LogP contribution < -0.4 is 14.5 Å². The predicted octanol–water partition coefficient (Wildman–Crippen LogP) is 2.71. The molecule has 1 N–H and O–H groups in total. The number of benzene rings is 1. The third kappa shape index (κ3) is 4.56. The van der Waals surface area contributed by atoms with E-state index in [0.717, 1.165) is 12.8 Å². The molecule has 0 saturated carbocycles. The molecule has 2 fully saturated rings. The van der Waals surface area contributed by atoms with Crippen molar-refractivity contribution in [3.8, 4) is 5.88 Å². The molecular weight excluding hydrogens is 407 g/mol. The number of aliphatic hydroxyl groups excluding tert-OH is 1.